The second kappa shape index (κ2) is 5.96. The second-order valence-corrected chi connectivity index (χ2v) is 4.98. The zero-order valence-electron chi connectivity index (χ0n) is 12.5. The number of hydrogen-bond acceptors (Lipinski definition) is 4. The number of ketones is 1. The van der Waals surface area contributed by atoms with E-state index in [0.29, 0.717) is 23.3 Å². The zero-order valence-corrected chi connectivity index (χ0v) is 12.5. The van der Waals surface area contributed by atoms with Gasteiger partial charge in [0.15, 0.2) is 0 Å². The first kappa shape index (κ1) is 14.8. The number of fused-ring (bicyclic) bond motifs is 1. The minimum absolute atomic E-state index is 0.241. The molecule has 0 amide bonds. The van der Waals surface area contributed by atoms with E-state index in [2.05, 4.69) is 4.98 Å². The first-order valence-corrected chi connectivity index (χ1v) is 7.24. The number of aromatic hydroxyl groups is 1. The molecule has 3 aromatic rings. The van der Waals surface area contributed by atoms with Gasteiger partial charge in [-0.3, -0.25) is 9.59 Å². The predicted molar refractivity (Wildman–Crippen MR) is 87.3 cm³/mol. The molecule has 0 radical (unpaired) electrons. The minimum Gasteiger partial charge on any atom is -0.506 e. The lowest BCUT2D eigenvalue weighted by Crippen LogP contribution is -2.19. The molecular weight excluding hydrogens is 294 g/mol. The largest absolute Gasteiger partial charge is 0.506 e. The fourth-order valence-corrected chi connectivity index (χ4v) is 2.51. The Balaban J connectivity index is 2.21. The Kier molecular flexibility index (Phi) is 3.85. The van der Waals surface area contributed by atoms with Crippen LogP contribution >= 0.6 is 0 Å². The molecule has 0 saturated carbocycles. The average Bonchev–Trinajstić information content (AvgIpc) is 2.55. The third-order valence-corrected chi connectivity index (χ3v) is 3.55. The summed E-state index contributed by atoms with van der Waals surface area (Å²) in [4.78, 5) is 27.7. The molecule has 2 aromatic carbocycles. The topological polar surface area (TPSA) is 79.4 Å². The first-order chi connectivity index (χ1) is 11.1. The molecule has 5 nitrogen and oxygen atoms in total. The van der Waals surface area contributed by atoms with Crippen molar-refractivity contribution in [3.63, 3.8) is 0 Å². The van der Waals surface area contributed by atoms with Crippen molar-refractivity contribution in [2.24, 2.45) is 0 Å². The smallest absolute Gasteiger partial charge is 0.263 e. The molecule has 116 valence electrons. The van der Waals surface area contributed by atoms with E-state index in [1.54, 1.807) is 48.5 Å². The number of carbonyl (C=O) groups is 1. The summed E-state index contributed by atoms with van der Waals surface area (Å²) in [5.41, 5.74) is -0.191. The molecule has 2 N–H and O–H groups in total. The van der Waals surface area contributed by atoms with E-state index in [1.165, 1.54) is 0 Å². The van der Waals surface area contributed by atoms with Gasteiger partial charge in [0.25, 0.3) is 5.56 Å². The monoisotopic (exact) mass is 309 g/mol. The molecule has 0 aliphatic heterocycles. The number of para-hydroxylation sites is 2. The van der Waals surface area contributed by atoms with Crippen LogP contribution in [0.15, 0.2) is 53.3 Å². The highest BCUT2D eigenvalue weighted by Crippen LogP contribution is 2.28. The lowest BCUT2D eigenvalue weighted by molar-refractivity contribution is 0.103. The maximum atomic E-state index is 12.8. The van der Waals surface area contributed by atoms with Gasteiger partial charge in [0.2, 0.25) is 5.78 Å². The highest BCUT2D eigenvalue weighted by Gasteiger charge is 2.22. The molecule has 0 bridgehead atoms. The molecule has 0 saturated heterocycles. The summed E-state index contributed by atoms with van der Waals surface area (Å²) in [5.74, 6) is -0.508. The lowest BCUT2D eigenvalue weighted by atomic mass is 10.0. The third kappa shape index (κ3) is 2.57. The highest BCUT2D eigenvalue weighted by atomic mass is 16.5. The van der Waals surface area contributed by atoms with Crippen molar-refractivity contribution in [2.75, 3.05) is 6.61 Å². The number of aromatic amines is 1. The van der Waals surface area contributed by atoms with Gasteiger partial charge in [0.1, 0.15) is 17.1 Å². The molecule has 0 fully saturated rings. The summed E-state index contributed by atoms with van der Waals surface area (Å²) in [6, 6.07) is 13.4. The van der Waals surface area contributed by atoms with Crippen molar-refractivity contribution in [3.8, 4) is 11.5 Å². The van der Waals surface area contributed by atoms with Crippen LogP contribution in [0.3, 0.4) is 0 Å². The van der Waals surface area contributed by atoms with E-state index in [-0.39, 0.29) is 16.9 Å². The summed E-state index contributed by atoms with van der Waals surface area (Å²) in [6.45, 7) is 2.20. The molecule has 3 rings (SSSR count). The Labute approximate surface area is 132 Å². The van der Waals surface area contributed by atoms with E-state index >= 15 is 0 Å². The van der Waals surface area contributed by atoms with Crippen molar-refractivity contribution >= 4 is 16.7 Å². The standard InChI is InChI=1S/C18H15NO4/c1-2-23-14-10-6-4-8-12(14)17(21)15-16(20)11-7-3-5-9-13(11)19-18(15)22/h3-10H,2H2,1H3,(H2,19,20,22). The van der Waals surface area contributed by atoms with Gasteiger partial charge < -0.3 is 14.8 Å². The molecule has 23 heavy (non-hydrogen) atoms. The Morgan fingerprint density at radius 1 is 1.13 bits per heavy atom. The van der Waals surface area contributed by atoms with Crippen LogP contribution < -0.4 is 10.3 Å². The molecule has 1 aromatic heterocycles. The number of ether oxygens (including phenoxy) is 1. The van der Waals surface area contributed by atoms with Gasteiger partial charge in [0.05, 0.1) is 17.7 Å². The van der Waals surface area contributed by atoms with Crippen molar-refractivity contribution in [1.82, 2.24) is 4.98 Å². The number of pyridine rings is 1. The normalized spacial score (nSPS) is 10.7. The SMILES string of the molecule is CCOc1ccccc1C(=O)c1c(O)c2ccccc2[nH]c1=O. The van der Waals surface area contributed by atoms with E-state index < -0.39 is 11.3 Å². The summed E-state index contributed by atoms with van der Waals surface area (Å²) in [5, 5.41) is 10.8. The average molecular weight is 309 g/mol. The summed E-state index contributed by atoms with van der Waals surface area (Å²) in [7, 11) is 0. The van der Waals surface area contributed by atoms with Gasteiger partial charge >= 0.3 is 0 Å². The molecule has 0 aliphatic carbocycles. The number of nitrogens with one attached hydrogen (secondary N) is 1. The van der Waals surface area contributed by atoms with Gasteiger partial charge in [-0.2, -0.15) is 0 Å². The van der Waals surface area contributed by atoms with Crippen LogP contribution in [0.4, 0.5) is 0 Å². The highest BCUT2D eigenvalue weighted by molar-refractivity contribution is 6.14. The number of carbonyl (C=O) groups excluding carboxylic acids is 1. The number of rotatable bonds is 4. The zero-order chi connectivity index (χ0) is 16.4. The Hall–Kier alpha value is -3.08. The molecule has 0 aliphatic rings. The number of benzene rings is 2. The fraction of sp³-hybridized carbons (Fsp3) is 0.111. The lowest BCUT2D eigenvalue weighted by Gasteiger charge is -2.10. The number of H-pyrrole nitrogens is 1. The molecular formula is C18H15NO4. The summed E-state index contributed by atoms with van der Waals surface area (Å²) >= 11 is 0. The Morgan fingerprint density at radius 3 is 2.61 bits per heavy atom. The van der Waals surface area contributed by atoms with Crippen molar-refractivity contribution in [3.05, 3.63) is 70.0 Å². The molecule has 1 heterocycles. The van der Waals surface area contributed by atoms with Crippen LogP contribution in [0, 0.1) is 0 Å². The molecule has 0 spiro atoms. The predicted octanol–water partition coefficient (Wildman–Crippen LogP) is 2.86. The van der Waals surface area contributed by atoms with E-state index in [9.17, 15) is 14.7 Å². The van der Waals surface area contributed by atoms with Crippen LogP contribution in [-0.4, -0.2) is 22.5 Å². The number of hydrogen-bond donors (Lipinski definition) is 2. The Morgan fingerprint density at radius 2 is 1.83 bits per heavy atom. The van der Waals surface area contributed by atoms with Crippen LogP contribution in [0.1, 0.15) is 22.8 Å². The quantitative estimate of drug-likeness (QED) is 0.726. The van der Waals surface area contributed by atoms with Gasteiger partial charge in [-0.15, -0.1) is 0 Å². The second-order valence-electron chi connectivity index (χ2n) is 4.98. The maximum absolute atomic E-state index is 12.8. The van der Waals surface area contributed by atoms with E-state index in [0.717, 1.165) is 0 Å². The molecule has 0 unspecified atom stereocenters. The first-order valence-electron chi connectivity index (χ1n) is 7.24. The van der Waals surface area contributed by atoms with E-state index in [4.69, 9.17) is 4.74 Å². The van der Waals surface area contributed by atoms with Gasteiger partial charge in [-0.25, -0.2) is 0 Å². The van der Waals surface area contributed by atoms with Gasteiger partial charge in [0, 0.05) is 5.39 Å². The number of aromatic nitrogens is 1. The van der Waals surface area contributed by atoms with Crippen molar-refractivity contribution in [2.45, 2.75) is 6.92 Å². The van der Waals surface area contributed by atoms with Crippen LogP contribution in [-0.2, 0) is 0 Å². The Bertz CT molecular complexity index is 943. The molecule has 5 heteroatoms. The van der Waals surface area contributed by atoms with Crippen LogP contribution in [0.25, 0.3) is 10.9 Å². The van der Waals surface area contributed by atoms with Gasteiger partial charge in [-0.05, 0) is 31.2 Å². The van der Waals surface area contributed by atoms with Crippen molar-refractivity contribution < 1.29 is 14.6 Å². The van der Waals surface area contributed by atoms with Gasteiger partial charge in [-0.1, -0.05) is 24.3 Å². The summed E-state index contributed by atoms with van der Waals surface area (Å²) in [6.07, 6.45) is 0. The maximum Gasteiger partial charge on any atom is 0.263 e. The van der Waals surface area contributed by atoms with E-state index in [1.807, 2.05) is 6.92 Å². The summed E-state index contributed by atoms with van der Waals surface area (Å²) < 4.78 is 5.43. The third-order valence-electron chi connectivity index (χ3n) is 3.55. The van der Waals surface area contributed by atoms with Crippen LogP contribution in [0.5, 0.6) is 11.5 Å². The fourth-order valence-electron chi connectivity index (χ4n) is 2.51. The minimum atomic E-state index is -0.627. The molecule has 0 atom stereocenters. The van der Waals surface area contributed by atoms with Crippen LogP contribution in [0.2, 0.25) is 0 Å². The van der Waals surface area contributed by atoms with Crippen molar-refractivity contribution in [1.29, 1.82) is 0 Å².